The van der Waals surface area contributed by atoms with Crippen LogP contribution in [0.3, 0.4) is 0 Å². The molecule has 0 spiro atoms. The smallest absolute Gasteiger partial charge is 0.0500 e. The lowest BCUT2D eigenvalue weighted by atomic mass is 10.0. The summed E-state index contributed by atoms with van der Waals surface area (Å²) < 4.78 is 11.9. The third-order valence-electron chi connectivity index (χ3n) is 2.87. The van der Waals surface area contributed by atoms with E-state index >= 15 is 0 Å². The van der Waals surface area contributed by atoms with Gasteiger partial charge in [0.1, 0.15) is 0 Å². The maximum atomic E-state index is 11.9. The van der Waals surface area contributed by atoms with Crippen LogP contribution in [0.5, 0.6) is 0 Å². The maximum absolute atomic E-state index is 11.9. The number of halogens is 1. The quantitative estimate of drug-likeness (QED) is 0.910. The molecule has 0 radical (unpaired) electrons. The Balaban J connectivity index is 0.00000144. The van der Waals surface area contributed by atoms with Crippen LogP contribution in [0.15, 0.2) is 24.5 Å². The highest BCUT2D eigenvalue weighted by molar-refractivity contribution is 7.84. The van der Waals surface area contributed by atoms with Gasteiger partial charge < -0.3 is 5.32 Å². The molecular formula is C12H19ClN2OS. The van der Waals surface area contributed by atoms with Crippen molar-refractivity contribution < 1.29 is 4.21 Å². The average molecular weight is 275 g/mol. The minimum absolute atomic E-state index is 0. The van der Waals surface area contributed by atoms with Gasteiger partial charge in [-0.3, -0.25) is 9.19 Å². The van der Waals surface area contributed by atoms with Gasteiger partial charge in [-0.25, -0.2) is 0 Å². The van der Waals surface area contributed by atoms with Gasteiger partial charge in [0.15, 0.2) is 0 Å². The Bertz CT molecular complexity index is 342. The van der Waals surface area contributed by atoms with Crippen molar-refractivity contribution in [2.24, 2.45) is 5.92 Å². The standard InChI is InChI=1S/C12H18N2OS.ClH/c15-16(9-11-3-1-5-13-7-11)10-12-4-2-6-14-8-12;/h1,3,5,7,12,14H,2,4,6,8-10H2;1H. The van der Waals surface area contributed by atoms with Crippen molar-refractivity contribution in [1.82, 2.24) is 10.3 Å². The van der Waals surface area contributed by atoms with E-state index in [0.29, 0.717) is 11.7 Å². The molecule has 1 aromatic heterocycles. The largest absolute Gasteiger partial charge is 0.316 e. The van der Waals surface area contributed by atoms with Crippen molar-refractivity contribution in [2.75, 3.05) is 18.8 Å². The van der Waals surface area contributed by atoms with Crippen LogP contribution in [-0.2, 0) is 16.6 Å². The summed E-state index contributed by atoms with van der Waals surface area (Å²) in [5, 5.41) is 3.36. The first-order valence-electron chi connectivity index (χ1n) is 5.79. The van der Waals surface area contributed by atoms with Gasteiger partial charge in [0.2, 0.25) is 0 Å². The molecule has 2 heterocycles. The number of nitrogens with zero attached hydrogens (tertiary/aromatic N) is 1. The number of hydrogen-bond acceptors (Lipinski definition) is 3. The number of hydrogen-bond donors (Lipinski definition) is 1. The Morgan fingerprint density at radius 1 is 1.53 bits per heavy atom. The lowest BCUT2D eigenvalue weighted by Crippen LogP contribution is -2.32. The van der Waals surface area contributed by atoms with Crippen molar-refractivity contribution in [3.8, 4) is 0 Å². The van der Waals surface area contributed by atoms with Crippen molar-refractivity contribution in [3.05, 3.63) is 30.1 Å². The first-order valence-corrected chi connectivity index (χ1v) is 7.28. The van der Waals surface area contributed by atoms with E-state index in [-0.39, 0.29) is 12.4 Å². The molecule has 1 saturated heterocycles. The van der Waals surface area contributed by atoms with Crippen molar-refractivity contribution >= 4 is 23.2 Å². The first kappa shape index (κ1) is 14.6. The highest BCUT2D eigenvalue weighted by Gasteiger charge is 2.15. The summed E-state index contributed by atoms with van der Waals surface area (Å²) in [5.74, 6) is 2.05. The van der Waals surface area contributed by atoms with E-state index in [1.54, 1.807) is 12.4 Å². The van der Waals surface area contributed by atoms with Gasteiger partial charge in [-0.2, -0.15) is 0 Å². The molecule has 1 aliphatic rings. The van der Waals surface area contributed by atoms with Crippen molar-refractivity contribution in [1.29, 1.82) is 0 Å². The summed E-state index contributed by atoms with van der Waals surface area (Å²) in [5.41, 5.74) is 1.07. The van der Waals surface area contributed by atoms with Gasteiger partial charge in [0.05, 0.1) is 5.75 Å². The molecule has 0 amide bonds. The summed E-state index contributed by atoms with van der Waals surface area (Å²) in [4.78, 5) is 4.04. The molecule has 0 aliphatic carbocycles. The van der Waals surface area contributed by atoms with Crippen LogP contribution < -0.4 is 5.32 Å². The zero-order chi connectivity index (χ0) is 11.2. The summed E-state index contributed by atoms with van der Waals surface area (Å²) in [6, 6.07) is 3.89. The number of rotatable bonds is 4. The predicted octanol–water partition coefficient (Wildman–Crippen LogP) is 1.75. The van der Waals surface area contributed by atoms with Gasteiger partial charge >= 0.3 is 0 Å². The lowest BCUT2D eigenvalue weighted by molar-refractivity contribution is 0.408. The van der Waals surface area contributed by atoms with Gasteiger partial charge in [-0.1, -0.05) is 6.07 Å². The van der Waals surface area contributed by atoms with E-state index in [9.17, 15) is 4.21 Å². The van der Waals surface area contributed by atoms with E-state index in [1.807, 2.05) is 12.1 Å². The molecule has 0 saturated carbocycles. The summed E-state index contributed by atoms with van der Waals surface area (Å²) >= 11 is 0. The number of pyridine rings is 1. The Morgan fingerprint density at radius 2 is 2.41 bits per heavy atom. The van der Waals surface area contributed by atoms with E-state index in [1.165, 1.54) is 12.8 Å². The molecule has 96 valence electrons. The Labute approximate surface area is 111 Å². The summed E-state index contributed by atoms with van der Waals surface area (Å²) in [6.07, 6.45) is 5.98. The minimum Gasteiger partial charge on any atom is -0.316 e. The summed E-state index contributed by atoms with van der Waals surface area (Å²) in [7, 11) is -0.749. The second-order valence-corrected chi connectivity index (χ2v) is 5.83. The zero-order valence-electron chi connectivity index (χ0n) is 9.80. The molecule has 2 rings (SSSR count). The van der Waals surface area contributed by atoms with Gasteiger partial charge in [-0.15, -0.1) is 12.4 Å². The Morgan fingerprint density at radius 3 is 3.06 bits per heavy atom. The third kappa shape index (κ3) is 5.15. The van der Waals surface area contributed by atoms with E-state index < -0.39 is 10.8 Å². The molecule has 2 atom stereocenters. The molecule has 17 heavy (non-hydrogen) atoms. The minimum atomic E-state index is -0.749. The van der Waals surface area contributed by atoms with Crippen LogP contribution in [0.1, 0.15) is 18.4 Å². The summed E-state index contributed by atoms with van der Waals surface area (Å²) in [6.45, 7) is 2.14. The average Bonchev–Trinajstić information content (AvgIpc) is 2.31. The molecular weight excluding hydrogens is 256 g/mol. The maximum Gasteiger partial charge on any atom is 0.0500 e. The van der Waals surface area contributed by atoms with Crippen molar-refractivity contribution in [3.63, 3.8) is 0 Å². The van der Waals surface area contributed by atoms with E-state index in [2.05, 4.69) is 10.3 Å². The lowest BCUT2D eigenvalue weighted by Gasteiger charge is -2.22. The highest BCUT2D eigenvalue weighted by Crippen LogP contribution is 2.13. The normalized spacial score (nSPS) is 21.5. The fraction of sp³-hybridized carbons (Fsp3) is 0.583. The van der Waals surface area contributed by atoms with Gasteiger partial charge in [0.25, 0.3) is 0 Å². The SMILES string of the molecule is Cl.O=S(Cc1cccnc1)CC1CCCNC1. The number of piperidine rings is 1. The second-order valence-electron chi connectivity index (χ2n) is 4.32. The van der Waals surface area contributed by atoms with Crippen LogP contribution in [0.25, 0.3) is 0 Å². The van der Waals surface area contributed by atoms with E-state index in [4.69, 9.17) is 0 Å². The fourth-order valence-electron chi connectivity index (χ4n) is 2.06. The molecule has 1 N–H and O–H groups in total. The predicted molar refractivity (Wildman–Crippen MR) is 73.8 cm³/mol. The molecule has 1 fully saturated rings. The zero-order valence-corrected chi connectivity index (χ0v) is 11.4. The number of nitrogens with one attached hydrogen (secondary N) is 1. The van der Waals surface area contributed by atoms with Crippen LogP contribution in [0.2, 0.25) is 0 Å². The topological polar surface area (TPSA) is 42.0 Å². The van der Waals surface area contributed by atoms with Crippen molar-refractivity contribution in [2.45, 2.75) is 18.6 Å². The monoisotopic (exact) mass is 274 g/mol. The second kappa shape index (κ2) is 7.80. The molecule has 0 bridgehead atoms. The Hall–Kier alpha value is -0.450. The van der Waals surface area contributed by atoms with Crippen LogP contribution in [0.4, 0.5) is 0 Å². The van der Waals surface area contributed by atoms with Crippen LogP contribution in [0, 0.1) is 5.92 Å². The fourth-order valence-corrected chi connectivity index (χ4v) is 3.53. The molecule has 5 heteroatoms. The van der Waals surface area contributed by atoms with Crippen LogP contribution >= 0.6 is 12.4 Å². The highest BCUT2D eigenvalue weighted by atomic mass is 35.5. The Kier molecular flexibility index (Phi) is 6.70. The van der Waals surface area contributed by atoms with Crippen LogP contribution in [-0.4, -0.2) is 28.0 Å². The van der Waals surface area contributed by atoms with Gasteiger partial charge in [0, 0.05) is 28.9 Å². The molecule has 1 aliphatic heterocycles. The number of aromatic nitrogens is 1. The molecule has 2 unspecified atom stereocenters. The molecule has 3 nitrogen and oxygen atoms in total. The molecule has 1 aromatic rings. The third-order valence-corrected chi connectivity index (χ3v) is 4.37. The van der Waals surface area contributed by atoms with E-state index in [0.717, 1.165) is 24.4 Å². The molecule has 0 aromatic carbocycles. The van der Waals surface area contributed by atoms with Gasteiger partial charge in [-0.05, 0) is 43.5 Å². The first-order chi connectivity index (χ1) is 7.84.